The van der Waals surface area contributed by atoms with Crippen molar-refractivity contribution in [2.45, 2.75) is 0 Å². The van der Waals surface area contributed by atoms with Gasteiger partial charge >= 0.3 is 5.69 Å². The first kappa shape index (κ1) is 8.98. The number of para-hydroxylation sites is 1. The zero-order chi connectivity index (χ0) is 9.84. The summed E-state index contributed by atoms with van der Waals surface area (Å²) in [4.78, 5) is 9.60. The summed E-state index contributed by atoms with van der Waals surface area (Å²) in [5, 5.41) is 30.4. The van der Waals surface area contributed by atoms with Gasteiger partial charge in [0.15, 0.2) is 0 Å². The van der Waals surface area contributed by atoms with Gasteiger partial charge in [-0.1, -0.05) is 11.2 Å². The van der Waals surface area contributed by atoms with E-state index in [1.807, 2.05) is 0 Å². The van der Waals surface area contributed by atoms with E-state index in [-0.39, 0.29) is 5.56 Å². The van der Waals surface area contributed by atoms with Crippen molar-refractivity contribution >= 4 is 11.9 Å². The number of hydrogen-bond donors (Lipinski definition) is 2. The summed E-state index contributed by atoms with van der Waals surface area (Å²) < 4.78 is 0. The zero-order valence-electron chi connectivity index (χ0n) is 6.41. The second-order valence-corrected chi connectivity index (χ2v) is 2.22. The Bertz CT molecular complexity index is 362. The standard InChI is InChI=1S/C7H6N2O4/c10-7-5(4-8-11)2-1-3-6(7)9(12)13/h1-4,10-11H/b8-4+. The molecule has 2 N–H and O–H groups in total. The maximum atomic E-state index is 10.3. The lowest BCUT2D eigenvalue weighted by Crippen LogP contribution is -1.91. The molecule has 6 heteroatoms. The first-order valence-electron chi connectivity index (χ1n) is 3.30. The Morgan fingerprint density at radius 3 is 2.77 bits per heavy atom. The molecule has 0 fully saturated rings. The third-order valence-corrected chi connectivity index (χ3v) is 1.44. The number of phenols is 1. The first-order valence-corrected chi connectivity index (χ1v) is 3.30. The predicted octanol–water partition coefficient (Wildman–Crippen LogP) is 1.11. The summed E-state index contributed by atoms with van der Waals surface area (Å²) in [7, 11) is 0. The maximum Gasteiger partial charge on any atom is 0.311 e. The van der Waals surface area contributed by atoms with Gasteiger partial charge in [0.1, 0.15) is 0 Å². The van der Waals surface area contributed by atoms with Gasteiger partial charge in [-0.05, 0) is 6.07 Å². The first-order chi connectivity index (χ1) is 6.16. The number of nitro benzene ring substituents is 1. The number of rotatable bonds is 2. The van der Waals surface area contributed by atoms with Gasteiger partial charge in [0, 0.05) is 11.6 Å². The Morgan fingerprint density at radius 2 is 2.23 bits per heavy atom. The fourth-order valence-corrected chi connectivity index (χ4v) is 0.862. The van der Waals surface area contributed by atoms with Crippen LogP contribution in [0, 0.1) is 10.1 Å². The van der Waals surface area contributed by atoms with Crippen molar-refractivity contribution in [2.75, 3.05) is 0 Å². The third kappa shape index (κ3) is 1.73. The molecular formula is C7H6N2O4. The van der Waals surface area contributed by atoms with Crippen LogP contribution < -0.4 is 0 Å². The highest BCUT2D eigenvalue weighted by molar-refractivity contribution is 5.85. The summed E-state index contributed by atoms with van der Waals surface area (Å²) in [6.07, 6.45) is 0.919. The van der Waals surface area contributed by atoms with Crippen molar-refractivity contribution in [1.29, 1.82) is 0 Å². The number of nitrogens with zero attached hydrogens (tertiary/aromatic N) is 2. The van der Waals surface area contributed by atoms with Crippen molar-refractivity contribution in [2.24, 2.45) is 5.16 Å². The van der Waals surface area contributed by atoms with Gasteiger partial charge in [0.2, 0.25) is 5.75 Å². The number of benzene rings is 1. The molecule has 1 aromatic rings. The topological polar surface area (TPSA) is 96.0 Å². The average Bonchev–Trinajstić information content (AvgIpc) is 2.08. The van der Waals surface area contributed by atoms with Gasteiger partial charge in [-0.3, -0.25) is 10.1 Å². The van der Waals surface area contributed by atoms with Gasteiger partial charge in [0.05, 0.1) is 11.1 Å². The molecule has 0 aliphatic rings. The highest BCUT2D eigenvalue weighted by Crippen LogP contribution is 2.27. The Kier molecular flexibility index (Phi) is 2.44. The summed E-state index contributed by atoms with van der Waals surface area (Å²) in [6.45, 7) is 0. The molecule has 0 amide bonds. The Hall–Kier alpha value is -2.11. The van der Waals surface area contributed by atoms with E-state index in [1.54, 1.807) is 0 Å². The van der Waals surface area contributed by atoms with Gasteiger partial charge < -0.3 is 10.3 Å². The molecule has 0 saturated carbocycles. The average molecular weight is 182 g/mol. The summed E-state index contributed by atoms with van der Waals surface area (Å²) >= 11 is 0. The SMILES string of the molecule is O=[N+]([O-])c1cccc(/C=N/O)c1O. The molecule has 68 valence electrons. The summed E-state index contributed by atoms with van der Waals surface area (Å²) in [5.41, 5.74) is -0.325. The second kappa shape index (κ2) is 3.53. The molecule has 0 radical (unpaired) electrons. The van der Waals surface area contributed by atoms with Crippen LogP contribution in [0.2, 0.25) is 0 Å². The van der Waals surface area contributed by atoms with Crippen LogP contribution in [-0.2, 0) is 0 Å². The number of nitro groups is 1. The van der Waals surface area contributed by atoms with E-state index in [9.17, 15) is 15.2 Å². The molecule has 0 spiro atoms. The van der Waals surface area contributed by atoms with Crippen molar-refractivity contribution in [1.82, 2.24) is 0 Å². The highest BCUT2D eigenvalue weighted by Gasteiger charge is 2.14. The molecule has 0 aliphatic heterocycles. The van der Waals surface area contributed by atoms with Crippen LogP contribution in [0.3, 0.4) is 0 Å². The van der Waals surface area contributed by atoms with Gasteiger partial charge in [0.25, 0.3) is 0 Å². The van der Waals surface area contributed by atoms with E-state index in [2.05, 4.69) is 5.16 Å². The fraction of sp³-hybridized carbons (Fsp3) is 0. The molecule has 6 nitrogen and oxygen atoms in total. The lowest BCUT2D eigenvalue weighted by Gasteiger charge is -1.97. The molecular weight excluding hydrogens is 176 g/mol. The van der Waals surface area contributed by atoms with E-state index >= 15 is 0 Å². The van der Waals surface area contributed by atoms with Crippen molar-refractivity contribution in [3.8, 4) is 5.75 Å². The van der Waals surface area contributed by atoms with E-state index in [0.29, 0.717) is 0 Å². The van der Waals surface area contributed by atoms with Crippen LogP contribution in [0.15, 0.2) is 23.4 Å². The predicted molar refractivity (Wildman–Crippen MR) is 44.1 cm³/mol. The van der Waals surface area contributed by atoms with Crippen LogP contribution >= 0.6 is 0 Å². The summed E-state index contributed by atoms with van der Waals surface area (Å²) in [6, 6.07) is 3.93. The van der Waals surface area contributed by atoms with Gasteiger partial charge in [-0.25, -0.2) is 0 Å². The number of aromatic hydroxyl groups is 1. The van der Waals surface area contributed by atoms with Crippen LogP contribution in [0.1, 0.15) is 5.56 Å². The third-order valence-electron chi connectivity index (χ3n) is 1.44. The van der Waals surface area contributed by atoms with Crippen molar-refractivity contribution in [3.05, 3.63) is 33.9 Å². The van der Waals surface area contributed by atoms with Crippen LogP contribution in [0.5, 0.6) is 5.75 Å². The normalized spacial score (nSPS) is 10.5. The molecule has 0 saturated heterocycles. The quantitative estimate of drug-likeness (QED) is 0.310. The molecule has 0 aliphatic carbocycles. The van der Waals surface area contributed by atoms with Crippen LogP contribution in [0.25, 0.3) is 0 Å². The molecule has 1 aromatic carbocycles. The van der Waals surface area contributed by atoms with Gasteiger partial charge in [-0.2, -0.15) is 0 Å². The Morgan fingerprint density at radius 1 is 1.54 bits per heavy atom. The molecule has 0 heterocycles. The molecule has 0 bridgehead atoms. The number of hydrogen-bond acceptors (Lipinski definition) is 5. The minimum absolute atomic E-state index is 0.0942. The molecule has 0 atom stereocenters. The van der Waals surface area contributed by atoms with E-state index in [4.69, 9.17) is 5.21 Å². The minimum atomic E-state index is -0.718. The highest BCUT2D eigenvalue weighted by atomic mass is 16.6. The number of phenolic OH excluding ortho intramolecular Hbond substituents is 1. The smallest absolute Gasteiger partial charge is 0.311 e. The van der Waals surface area contributed by atoms with Crippen molar-refractivity contribution < 1.29 is 15.2 Å². The van der Waals surface area contributed by atoms with E-state index in [0.717, 1.165) is 12.3 Å². The fourth-order valence-electron chi connectivity index (χ4n) is 0.862. The Labute approximate surface area is 72.9 Å². The van der Waals surface area contributed by atoms with Crippen molar-refractivity contribution in [3.63, 3.8) is 0 Å². The second-order valence-electron chi connectivity index (χ2n) is 2.22. The Balaban J connectivity index is 3.26. The largest absolute Gasteiger partial charge is 0.502 e. The maximum absolute atomic E-state index is 10.3. The van der Waals surface area contributed by atoms with Crippen LogP contribution in [0.4, 0.5) is 5.69 Å². The lowest BCUT2D eigenvalue weighted by atomic mass is 10.2. The molecule has 1 rings (SSSR count). The zero-order valence-corrected chi connectivity index (χ0v) is 6.41. The van der Waals surface area contributed by atoms with E-state index in [1.165, 1.54) is 12.1 Å². The lowest BCUT2D eigenvalue weighted by molar-refractivity contribution is -0.385. The monoisotopic (exact) mass is 182 g/mol. The van der Waals surface area contributed by atoms with Crippen LogP contribution in [-0.4, -0.2) is 21.5 Å². The minimum Gasteiger partial charge on any atom is -0.502 e. The van der Waals surface area contributed by atoms with E-state index < -0.39 is 16.4 Å². The number of oxime groups is 1. The molecule has 0 unspecified atom stereocenters. The van der Waals surface area contributed by atoms with Gasteiger partial charge in [-0.15, -0.1) is 0 Å². The summed E-state index contributed by atoms with van der Waals surface area (Å²) in [5.74, 6) is -0.509. The molecule has 13 heavy (non-hydrogen) atoms. The molecule has 0 aromatic heterocycles.